The van der Waals surface area contributed by atoms with E-state index in [0.29, 0.717) is 24.7 Å². The number of unbranched alkanes of at least 4 members (excludes halogenated alkanes) is 1. The molecule has 1 aliphatic carbocycles. The second kappa shape index (κ2) is 4.57. The molecule has 0 amide bonds. The Labute approximate surface area is 91.9 Å². The molecule has 4 atom stereocenters. The van der Waals surface area contributed by atoms with Gasteiger partial charge in [0.25, 0.3) is 0 Å². The summed E-state index contributed by atoms with van der Waals surface area (Å²) in [6, 6.07) is 0. The van der Waals surface area contributed by atoms with Crippen LogP contribution in [-0.4, -0.2) is 37.5 Å². The Balaban J connectivity index is 1.65. The molecule has 1 heterocycles. The lowest BCUT2D eigenvalue weighted by molar-refractivity contribution is 0.0604. The van der Waals surface area contributed by atoms with Crippen LogP contribution in [0.5, 0.6) is 0 Å². The topological polar surface area (TPSA) is 38.8 Å². The van der Waals surface area contributed by atoms with E-state index in [1.807, 2.05) is 6.66 Å². The molecule has 3 nitrogen and oxygen atoms in total. The molecule has 0 N–H and O–H groups in total. The van der Waals surface area contributed by atoms with E-state index >= 15 is 0 Å². The van der Waals surface area contributed by atoms with Gasteiger partial charge in [0.2, 0.25) is 0 Å². The predicted octanol–water partition coefficient (Wildman–Crippen LogP) is 2.68. The number of epoxide rings is 1. The summed E-state index contributed by atoms with van der Waals surface area (Å²) in [7, 11) is -2.03. The molecule has 0 radical (unpaired) electrons. The van der Waals surface area contributed by atoms with Gasteiger partial charge in [-0.2, -0.15) is 0 Å². The SMILES string of the molecule is CCCCP(C)(=O)COC1C[C@@H]2O[C@@H]2C1. The van der Waals surface area contributed by atoms with Crippen molar-refractivity contribution in [1.82, 2.24) is 0 Å². The molecule has 4 heteroatoms. The largest absolute Gasteiger partial charge is 0.370 e. The zero-order valence-corrected chi connectivity index (χ0v) is 10.5. The molecule has 0 aromatic rings. The van der Waals surface area contributed by atoms with Crippen molar-refractivity contribution in [2.24, 2.45) is 0 Å². The first-order valence-corrected chi connectivity index (χ1v) is 8.46. The maximum absolute atomic E-state index is 12.1. The van der Waals surface area contributed by atoms with E-state index in [-0.39, 0.29) is 0 Å². The summed E-state index contributed by atoms with van der Waals surface area (Å²) < 4.78 is 23.1. The van der Waals surface area contributed by atoms with Gasteiger partial charge in [-0.25, -0.2) is 0 Å². The molecule has 2 fully saturated rings. The molecular weight excluding hydrogens is 211 g/mol. The highest BCUT2D eigenvalue weighted by Crippen LogP contribution is 2.45. The summed E-state index contributed by atoms with van der Waals surface area (Å²) in [6.07, 6.45) is 6.72. The monoisotopic (exact) mass is 232 g/mol. The first kappa shape index (κ1) is 11.6. The van der Waals surface area contributed by atoms with Crippen molar-refractivity contribution in [3.05, 3.63) is 0 Å². The van der Waals surface area contributed by atoms with E-state index in [1.54, 1.807) is 0 Å². The number of rotatable bonds is 6. The fourth-order valence-electron chi connectivity index (χ4n) is 2.16. The molecule has 0 bridgehead atoms. The van der Waals surface area contributed by atoms with Gasteiger partial charge in [0.1, 0.15) is 7.14 Å². The molecule has 88 valence electrons. The van der Waals surface area contributed by atoms with E-state index in [2.05, 4.69) is 6.92 Å². The van der Waals surface area contributed by atoms with Crippen molar-refractivity contribution in [1.29, 1.82) is 0 Å². The fourth-order valence-corrected chi connectivity index (χ4v) is 3.80. The smallest absolute Gasteiger partial charge is 0.109 e. The van der Waals surface area contributed by atoms with Gasteiger partial charge in [-0.15, -0.1) is 0 Å². The number of fused-ring (bicyclic) bond motifs is 1. The van der Waals surface area contributed by atoms with Crippen molar-refractivity contribution in [3.63, 3.8) is 0 Å². The Hall–Kier alpha value is 0.150. The number of hydrogen-bond acceptors (Lipinski definition) is 3. The van der Waals surface area contributed by atoms with Gasteiger partial charge in [0, 0.05) is 19.0 Å². The van der Waals surface area contributed by atoms with E-state index in [9.17, 15) is 4.57 Å². The normalized spacial score (nSPS) is 37.3. The van der Waals surface area contributed by atoms with Crippen LogP contribution in [0, 0.1) is 0 Å². The van der Waals surface area contributed by atoms with Crippen LogP contribution in [-0.2, 0) is 14.0 Å². The highest BCUT2D eigenvalue weighted by Gasteiger charge is 2.48. The average Bonchev–Trinajstić information content (AvgIpc) is 2.81. The minimum Gasteiger partial charge on any atom is -0.370 e. The molecule has 2 aliphatic rings. The van der Waals surface area contributed by atoms with Crippen molar-refractivity contribution in [3.8, 4) is 0 Å². The molecule has 2 unspecified atom stereocenters. The van der Waals surface area contributed by atoms with Crippen LogP contribution < -0.4 is 0 Å². The maximum Gasteiger partial charge on any atom is 0.109 e. The minimum absolute atomic E-state index is 0.309. The predicted molar refractivity (Wildman–Crippen MR) is 60.9 cm³/mol. The summed E-state index contributed by atoms with van der Waals surface area (Å²) in [5, 5.41) is 0. The van der Waals surface area contributed by atoms with Crippen molar-refractivity contribution >= 4 is 7.14 Å². The first-order chi connectivity index (χ1) is 7.11. The zero-order chi connectivity index (χ0) is 10.9. The van der Waals surface area contributed by atoms with Gasteiger partial charge in [0.15, 0.2) is 0 Å². The molecule has 1 saturated carbocycles. The zero-order valence-electron chi connectivity index (χ0n) is 9.65. The summed E-state index contributed by atoms with van der Waals surface area (Å²) in [5.74, 6) is 0. The van der Waals surface area contributed by atoms with Crippen LogP contribution in [0.4, 0.5) is 0 Å². The standard InChI is InChI=1S/C11H21O3P/c1-3-4-5-15(2,12)8-13-9-6-10-11(7-9)14-10/h9-11H,3-8H2,1-2H3/t9?,10-,11+,15?. The van der Waals surface area contributed by atoms with Crippen LogP contribution in [0.1, 0.15) is 32.6 Å². The van der Waals surface area contributed by atoms with Crippen LogP contribution in [0.3, 0.4) is 0 Å². The molecule has 0 aromatic carbocycles. The highest BCUT2D eigenvalue weighted by atomic mass is 31.2. The average molecular weight is 232 g/mol. The second-order valence-corrected chi connectivity index (χ2v) is 8.28. The Morgan fingerprint density at radius 3 is 2.67 bits per heavy atom. The second-order valence-electron chi connectivity index (χ2n) is 4.98. The highest BCUT2D eigenvalue weighted by molar-refractivity contribution is 7.62. The van der Waals surface area contributed by atoms with Gasteiger partial charge in [0.05, 0.1) is 24.7 Å². The molecule has 0 aromatic heterocycles. The molecule has 2 rings (SSSR count). The van der Waals surface area contributed by atoms with Gasteiger partial charge >= 0.3 is 0 Å². The van der Waals surface area contributed by atoms with Gasteiger partial charge in [-0.05, 0) is 13.1 Å². The van der Waals surface area contributed by atoms with Crippen LogP contribution in [0.25, 0.3) is 0 Å². The summed E-state index contributed by atoms with van der Waals surface area (Å²) in [4.78, 5) is 0. The van der Waals surface area contributed by atoms with Gasteiger partial charge in [-0.3, -0.25) is 0 Å². The summed E-state index contributed by atoms with van der Waals surface area (Å²) >= 11 is 0. The third-order valence-corrected chi connectivity index (χ3v) is 5.20. The van der Waals surface area contributed by atoms with Crippen LogP contribution >= 0.6 is 7.14 Å². The van der Waals surface area contributed by atoms with E-state index < -0.39 is 7.14 Å². The molecule has 1 saturated heterocycles. The van der Waals surface area contributed by atoms with E-state index in [4.69, 9.17) is 9.47 Å². The number of hydrogen-bond donors (Lipinski definition) is 0. The van der Waals surface area contributed by atoms with Crippen molar-refractivity contribution < 1.29 is 14.0 Å². The molecular formula is C11H21O3P. The first-order valence-electron chi connectivity index (χ1n) is 5.93. The third kappa shape index (κ3) is 3.30. The van der Waals surface area contributed by atoms with Crippen LogP contribution in [0.15, 0.2) is 0 Å². The van der Waals surface area contributed by atoms with Crippen LogP contribution in [0.2, 0.25) is 0 Å². The third-order valence-electron chi connectivity index (χ3n) is 3.25. The molecule has 0 spiro atoms. The maximum atomic E-state index is 12.1. The Kier molecular flexibility index (Phi) is 3.54. The lowest BCUT2D eigenvalue weighted by Gasteiger charge is -2.17. The molecule has 1 aliphatic heterocycles. The van der Waals surface area contributed by atoms with Crippen molar-refractivity contribution in [2.75, 3.05) is 19.2 Å². The Bertz CT molecular complexity index is 257. The summed E-state index contributed by atoms with van der Waals surface area (Å²) in [6.45, 7) is 4.00. The van der Waals surface area contributed by atoms with Gasteiger partial charge < -0.3 is 14.0 Å². The lowest BCUT2D eigenvalue weighted by atomic mass is 10.3. The minimum atomic E-state index is -2.03. The van der Waals surface area contributed by atoms with E-state index in [1.165, 1.54) is 0 Å². The Morgan fingerprint density at radius 1 is 1.40 bits per heavy atom. The van der Waals surface area contributed by atoms with Crippen molar-refractivity contribution in [2.45, 2.75) is 50.9 Å². The fraction of sp³-hybridized carbons (Fsp3) is 1.00. The Morgan fingerprint density at radius 2 is 2.07 bits per heavy atom. The molecule has 15 heavy (non-hydrogen) atoms. The summed E-state index contributed by atoms with van der Waals surface area (Å²) in [5.41, 5.74) is 0. The van der Waals surface area contributed by atoms with E-state index in [0.717, 1.165) is 31.8 Å². The van der Waals surface area contributed by atoms with Gasteiger partial charge in [-0.1, -0.05) is 13.3 Å². The lowest BCUT2D eigenvalue weighted by Crippen LogP contribution is -2.13. The quantitative estimate of drug-likeness (QED) is 0.522. The number of ether oxygens (including phenoxy) is 2.